The lowest BCUT2D eigenvalue weighted by atomic mass is 10.3. The molecule has 1 amide bonds. The molecule has 4 aromatic rings. The van der Waals surface area contributed by atoms with Crippen LogP contribution in [0.1, 0.15) is 30.0 Å². The molecule has 4 rings (SSSR count). The molecule has 1 aromatic carbocycles. The van der Waals surface area contributed by atoms with Gasteiger partial charge in [-0.05, 0) is 44.3 Å². The number of carbonyl (C=O) groups excluding carboxylic acids is 1. The van der Waals surface area contributed by atoms with Crippen molar-refractivity contribution in [3.63, 3.8) is 0 Å². The molecule has 30 heavy (non-hydrogen) atoms. The van der Waals surface area contributed by atoms with E-state index in [1.54, 1.807) is 11.3 Å². The molecule has 158 valence electrons. The number of amides is 1. The highest BCUT2D eigenvalue weighted by atomic mass is 35.5. The molecule has 0 fully saturated rings. The van der Waals surface area contributed by atoms with Crippen LogP contribution in [0.2, 0.25) is 0 Å². The van der Waals surface area contributed by atoms with Crippen LogP contribution in [-0.4, -0.2) is 51.4 Å². The molecule has 3 heterocycles. The molecule has 0 bridgehead atoms. The maximum atomic E-state index is 13.7. The van der Waals surface area contributed by atoms with E-state index in [0.29, 0.717) is 12.2 Å². The van der Waals surface area contributed by atoms with Crippen molar-refractivity contribution < 1.29 is 4.79 Å². The van der Waals surface area contributed by atoms with Gasteiger partial charge in [-0.1, -0.05) is 43.4 Å². The average Bonchev–Trinajstić information content (AvgIpc) is 3.30. The van der Waals surface area contributed by atoms with E-state index in [0.717, 1.165) is 46.3 Å². The first-order chi connectivity index (χ1) is 14.1. The summed E-state index contributed by atoms with van der Waals surface area (Å²) in [6.45, 7) is 9.45. The Morgan fingerprint density at radius 1 is 1.03 bits per heavy atom. The lowest BCUT2D eigenvalue weighted by molar-refractivity contribution is 0.0977. The Balaban J connectivity index is 0.00000256. The van der Waals surface area contributed by atoms with E-state index in [-0.39, 0.29) is 18.3 Å². The summed E-state index contributed by atoms with van der Waals surface area (Å²) >= 11 is 1.55. The van der Waals surface area contributed by atoms with Gasteiger partial charge in [-0.3, -0.25) is 14.1 Å². The third kappa shape index (κ3) is 4.19. The minimum absolute atomic E-state index is 0. The first kappa shape index (κ1) is 22.2. The van der Waals surface area contributed by atoms with Gasteiger partial charge in [-0.25, -0.2) is 9.97 Å². The number of hydrogen-bond donors (Lipinski definition) is 0. The summed E-state index contributed by atoms with van der Waals surface area (Å²) in [5.41, 5.74) is 3.03. The largest absolute Gasteiger partial charge is 0.302 e. The lowest BCUT2D eigenvalue weighted by Crippen LogP contribution is -2.39. The topological polar surface area (TPSA) is 53.7 Å². The molecule has 0 saturated heterocycles. The van der Waals surface area contributed by atoms with Crippen molar-refractivity contribution in [2.24, 2.45) is 0 Å². The SMILES string of the molecule is CCN(CC)CCN(C(=O)c1c(C)nc2ccccn12)c1nc2ccccc2s1.Cl. The number of thiazole rings is 1. The highest BCUT2D eigenvalue weighted by molar-refractivity contribution is 7.22. The van der Waals surface area contributed by atoms with E-state index in [9.17, 15) is 4.79 Å². The standard InChI is InChI=1S/C22H25N5OS.ClH/c1-4-25(5-2)14-15-27(22-24-17-10-6-7-11-18(17)29-22)21(28)20-16(3)23-19-12-8-9-13-26(19)20;/h6-13H,4-5,14-15H2,1-3H3;1H. The molecule has 0 N–H and O–H groups in total. The van der Waals surface area contributed by atoms with E-state index < -0.39 is 0 Å². The van der Waals surface area contributed by atoms with Crippen molar-refractivity contribution in [1.82, 2.24) is 19.3 Å². The second-order valence-electron chi connectivity index (χ2n) is 6.92. The van der Waals surface area contributed by atoms with Gasteiger partial charge in [-0.2, -0.15) is 0 Å². The van der Waals surface area contributed by atoms with Gasteiger partial charge in [0.15, 0.2) is 5.13 Å². The van der Waals surface area contributed by atoms with E-state index in [4.69, 9.17) is 4.98 Å². The van der Waals surface area contributed by atoms with Gasteiger partial charge >= 0.3 is 0 Å². The van der Waals surface area contributed by atoms with E-state index >= 15 is 0 Å². The Kier molecular flexibility index (Phi) is 7.07. The van der Waals surface area contributed by atoms with Crippen LogP contribution in [0, 0.1) is 6.92 Å². The number of benzene rings is 1. The molecule has 0 aliphatic heterocycles. The van der Waals surface area contributed by atoms with Crippen molar-refractivity contribution >= 4 is 50.6 Å². The van der Waals surface area contributed by atoms with Crippen LogP contribution in [-0.2, 0) is 0 Å². The Hall–Kier alpha value is -2.48. The molecule has 8 heteroatoms. The van der Waals surface area contributed by atoms with Crippen molar-refractivity contribution in [1.29, 1.82) is 0 Å². The lowest BCUT2D eigenvalue weighted by Gasteiger charge is -2.24. The van der Waals surface area contributed by atoms with Crippen molar-refractivity contribution in [2.45, 2.75) is 20.8 Å². The minimum atomic E-state index is -0.0626. The van der Waals surface area contributed by atoms with Crippen LogP contribution in [0.5, 0.6) is 0 Å². The fourth-order valence-electron chi connectivity index (χ4n) is 3.54. The number of fused-ring (bicyclic) bond motifs is 2. The minimum Gasteiger partial charge on any atom is -0.302 e. The summed E-state index contributed by atoms with van der Waals surface area (Å²) in [6, 6.07) is 13.8. The fourth-order valence-corrected chi connectivity index (χ4v) is 4.53. The Morgan fingerprint density at radius 3 is 2.50 bits per heavy atom. The van der Waals surface area contributed by atoms with Crippen LogP contribution in [0.15, 0.2) is 48.7 Å². The first-order valence-electron chi connectivity index (χ1n) is 9.95. The third-order valence-corrected chi connectivity index (χ3v) is 6.26. The molecule has 0 radical (unpaired) electrons. The number of hydrogen-bond acceptors (Lipinski definition) is 5. The number of pyridine rings is 1. The van der Waals surface area contributed by atoms with Crippen molar-refractivity contribution in [3.8, 4) is 0 Å². The summed E-state index contributed by atoms with van der Waals surface area (Å²) in [5, 5.41) is 0.730. The summed E-state index contributed by atoms with van der Waals surface area (Å²) in [4.78, 5) is 27.2. The average molecular weight is 444 g/mol. The summed E-state index contributed by atoms with van der Waals surface area (Å²) < 4.78 is 2.95. The number of likely N-dealkylation sites (N-methyl/N-ethyl adjacent to an activating group) is 1. The van der Waals surface area contributed by atoms with Crippen LogP contribution in [0.3, 0.4) is 0 Å². The zero-order valence-corrected chi connectivity index (χ0v) is 19.0. The van der Waals surface area contributed by atoms with Gasteiger partial charge in [-0.15, -0.1) is 12.4 Å². The summed E-state index contributed by atoms with van der Waals surface area (Å²) in [6.07, 6.45) is 1.89. The van der Waals surface area contributed by atoms with Crippen LogP contribution >= 0.6 is 23.7 Å². The van der Waals surface area contributed by atoms with E-state index in [1.165, 1.54) is 0 Å². The third-order valence-electron chi connectivity index (χ3n) is 5.20. The number of halogens is 1. The van der Waals surface area contributed by atoms with E-state index in [1.807, 2.05) is 64.9 Å². The van der Waals surface area contributed by atoms with E-state index in [2.05, 4.69) is 23.7 Å². The second kappa shape index (κ2) is 9.55. The maximum absolute atomic E-state index is 13.7. The Labute approximate surface area is 186 Å². The molecular formula is C22H26ClN5OS. The second-order valence-corrected chi connectivity index (χ2v) is 7.93. The van der Waals surface area contributed by atoms with Gasteiger partial charge in [0.2, 0.25) is 0 Å². The number of anilines is 1. The van der Waals surface area contributed by atoms with Crippen LogP contribution in [0.25, 0.3) is 15.9 Å². The van der Waals surface area contributed by atoms with Gasteiger partial charge in [0.25, 0.3) is 5.91 Å². The fraction of sp³-hybridized carbons (Fsp3) is 0.318. The molecule has 0 saturated carbocycles. The predicted octanol–water partition coefficient (Wildman–Crippen LogP) is 4.66. The first-order valence-corrected chi connectivity index (χ1v) is 10.8. The van der Waals surface area contributed by atoms with Crippen LogP contribution < -0.4 is 4.90 Å². The molecule has 0 spiro atoms. The van der Waals surface area contributed by atoms with Gasteiger partial charge in [0.1, 0.15) is 11.3 Å². The van der Waals surface area contributed by atoms with Gasteiger partial charge in [0, 0.05) is 19.3 Å². The quantitative estimate of drug-likeness (QED) is 0.416. The zero-order chi connectivity index (χ0) is 20.4. The monoisotopic (exact) mass is 443 g/mol. The molecule has 0 aliphatic rings. The van der Waals surface area contributed by atoms with Gasteiger partial charge < -0.3 is 4.90 Å². The Bertz CT molecular complexity index is 1120. The zero-order valence-electron chi connectivity index (χ0n) is 17.4. The van der Waals surface area contributed by atoms with Crippen LogP contribution in [0.4, 0.5) is 5.13 Å². The summed E-state index contributed by atoms with van der Waals surface area (Å²) in [5.74, 6) is -0.0626. The predicted molar refractivity (Wildman–Crippen MR) is 126 cm³/mol. The van der Waals surface area contributed by atoms with Gasteiger partial charge in [0.05, 0.1) is 15.9 Å². The number of imidazole rings is 1. The molecule has 6 nitrogen and oxygen atoms in total. The molecule has 3 aromatic heterocycles. The summed E-state index contributed by atoms with van der Waals surface area (Å²) in [7, 11) is 0. The number of aryl methyl sites for hydroxylation is 1. The van der Waals surface area contributed by atoms with Crippen molar-refractivity contribution in [3.05, 3.63) is 60.0 Å². The number of para-hydroxylation sites is 1. The maximum Gasteiger partial charge on any atom is 0.279 e. The molecular weight excluding hydrogens is 418 g/mol. The highest BCUT2D eigenvalue weighted by Crippen LogP contribution is 2.30. The number of carbonyl (C=O) groups is 1. The van der Waals surface area contributed by atoms with Crippen molar-refractivity contribution in [2.75, 3.05) is 31.1 Å². The molecule has 0 unspecified atom stereocenters. The smallest absolute Gasteiger partial charge is 0.279 e. The number of rotatable bonds is 7. The molecule has 0 atom stereocenters. The Morgan fingerprint density at radius 2 is 1.77 bits per heavy atom. The highest BCUT2D eigenvalue weighted by Gasteiger charge is 2.26. The number of aromatic nitrogens is 3. The normalized spacial score (nSPS) is 11.2. The molecule has 0 aliphatic carbocycles. The number of nitrogens with zero attached hydrogens (tertiary/aromatic N) is 5.